The van der Waals surface area contributed by atoms with Gasteiger partial charge in [-0.1, -0.05) is 55.9 Å². The number of aliphatic hydroxyl groups is 1. The van der Waals surface area contributed by atoms with Gasteiger partial charge in [0.05, 0.1) is 6.10 Å². The molecule has 16 heavy (non-hydrogen) atoms. The highest BCUT2D eigenvalue weighted by Gasteiger charge is 2.19. The minimum atomic E-state index is -0.589. The molecule has 0 radical (unpaired) electrons. The Bertz CT molecular complexity index is 324. The number of aliphatic hydroxyl groups excluding tert-OH is 1. The Morgan fingerprint density at radius 1 is 1.38 bits per heavy atom. The molecule has 1 aromatic rings. The van der Waals surface area contributed by atoms with E-state index in [1.807, 2.05) is 44.2 Å². The van der Waals surface area contributed by atoms with Gasteiger partial charge in [0.2, 0.25) is 0 Å². The summed E-state index contributed by atoms with van der Waals surface area (Å²) in [6.07, 6.45) is -0.358. The van der Waals surface area contributed by atoms with Gasteiger partial charge in [0.1, 0.15) is 0 Å². The Labute approximate surface area is 101 Å². The molecule has 2 nitrogen and oxygen atoms in total. The van der Waals surface area contributed by atoms with Crippen molar-refractivity contribution in [2.75, 3.05) is 5.75 Å². The van der Waals surface area contributed by atoms with Crippen LogP contribution in [-0.4, -0.2) is 22.1 Å². The predicted octanol–water partition coefficient (Wildman–Crippen LogP) is 2.82. The highest BCUT2D eigenvalue weighted by Crippen LogP contribution is 2.22. The van der Waals surface area contributed by atoms with Gasteiger partial charge in [-0.25, -0.2) is 0 Å². The third-order valence-electron chi connectivity index (χ3n) is 2.58. The van der Waals surface area contributed by atoms with Crippen molar-refractivity contribution in [3.05, 3.63) is 35.9 Å². The van der Waals surface area contributed by atoms with Crippen LogP contribution in [0.1, 0.15) is 31.7 Å². The van der Waals surface area contributed by atoms with Gasteiger partial charge in [-0.15, -0.1) is 0 Å². The van der Waals surface area contributed by atoms with Gasteiger partial charge < -0.3 is 5.11 Å². The Hall–Kier alpha value is -0.800. The molecular formula is C13H18O2S. The number of rotatable bonds is 5. The Kier molecular flexibility index (Phi) is 5.56. The minimum Gasteiger partial charge on any atom is -0.392 e. The summed E-state index contributed by atoms with van der Waals surface area (Å²) in [5.41, 5.74) is 1.07. The van der Waals surface area contributed by atoms with E-state index in [0.29, 0.717) is 0 Å². The molecule has 0 aromatic heterocycles. The number of thioether (sulfide) groups is 1. The molecule has 0 spiro atoms. The maximum atomic E-state index is 11.4. The van der Waals surface area contributed by atoms with E-state index in [9.17, 15) is 9.90 Å². The smallest absolute Gasteiger partial charge is 0.191 e. The van der Waals surface area contributed by atoms with Gasteiger partial charge in [0.15, 0.2) is 5.12 Å². The normalized spacial score (nSPS) is 14.4. The van der Waals surface area contributed by atoms with Crippen molar-refractivity contribution < 1.29 is 9.90 Å². The van der Waals surface area contributed by atoms with Crippen molar-refractivity contribution in [1.82, 2.24) is 0 Å². The van der Waals surface area contributed by atoms with Crippen molar-refractivity contribution in [3.63, 3.8) is 0 Å². The maximum Gasteiger partial charge on any atom is 0.191 e. The SMILES string of the molecule is CCSC(=O)C[C@H](O)[C@H](C)c1ccccc1. The van der Waals surface area contributed by atoms with Crippen LogP contribution in [0.25, 0.3) is 0 Å². The van der Waals surface area contributed by atoms with Crippen molar-refractivity contribution in [2.45, 2.75) is 32.3 Å². The molecule has 0 unspecified atom stereocenters. The lowest BCUT2D eigenvalue weighted by Gasteiger charge is -2.18. The topological polar surface area (TPSA) is 37.3 Å². The molecule has 0 bridgehead atoms. The molecule has 0 fully saturated rings. The fourth-order valence-electron chi connectivity index (χ4n) is 1.55. The van der Waals surface area contributed by atoms with Crippen LogP contribution in [0.15, 0.2) is 30.3 Å². The van der Waals surface area contributed by atoms with Crippen LogP contribution in [0.2, 0.25) is 0 Å². The second kappa shape index (κ2) is 6.71. The van der Waals surface area contributed by atoms with Gasteiger partial charge in [-0.3, -0.25) is 4.79 Å². The average Bonchev–Trinajstić information content (AvgIpc) is 2.29. The van der Waals surface area contributed by atoms with Crippen LogP contribution in [0.5, 0.6) is 0 Å². The van der Waals surface area contributed by atoms with Crippen LogP contribution < -0.4 is 0 Å². The van der Waals surface area contributed by atoms with E-state index >= 15 is 0 Å². The summed E-state index contributed by atoms with van der Waals surface area (Å²) < 4.78 is 0. The number of carbonyl (C=O) groups excluding carboxylic acids is 1. The van der Waals surface area contributed by atoms with Gasteiger partial charge in [0, 0.05) is 12.3 Å². The highest BCUT2D eigenvalue weighted by molar-refractivity contribution is 8.13. The second-order valence-electron chi connectivity index (χ2n) is 3.78. The van der Waals surface area contributed by atoms with Gasteiger partial charge >= 0.3 is 0 Å². The van der Waals surface area contributed by atoms with Gasteiger partial charge in [-0.2, -0.15) is 0 Å². The summed E-state index contributed by atoms with van der Waals surface area (Å²) in [7, 11) is 0. The first-order chi connectivity index (χ1) is 7.65. The Morgan fingerprint density at radius 3 is 2.56 bits per heavy atom. The Balaban J connectivity index is 2.54. The standard InChI is InChI=1S/C13H18O2S/c1-3-16-13(15)9-12(14)10(2)11-7-5-4-6-8-11/h4-8,10,12,14H,3,9H2,1-2H3/t10-,12+/m1/s1. The lowest BCUT2D eigenvalue weighted by molar-refractivity contribution is -0.112. The summed E-state index contributed by atoms with van der Waals surface area (Å²) in [4.78, 5) is 11.4. The second-order valence-corrected chi connectivity index (χ2v) is 5.10. The predicted molar refractivity (Wildman–Crippen MR) is 68.6 cm³/mol. The maximum absolute atomic E-state index is 11.4. The van der Waals surface area contributed by atoms with Crippen LogP contribution in [0.4, 0.5) is 0 Å². The van der Waals surface area contributed by atoms with Gasteiger partial charge in [-0.05, 0) is 11.3 Å². The number of hydrogen-bond donors (Lipinski definition) is 1. The van der Waals surface area contributed by atoms with Crippen molar-refractivity contribution in [1.29, 1.82) is 0 Å². The lowest BCUT2D eigenvalue weighted by Crippen LogP contribution is -2.19. The summed E-state index contributed by atoms with van der Waals surface area (Å²) >= 11 is 1.27. The molecular weight excluding hydrogens is 220 g/mol. The quantitative estimate of drug-likeness (QED) is 0.857. The van der Waals surface area contributed by atoms with Crippen LogP contribution in [0.3, 0.4) is 0 Å². The van der Waals surface area contributed by atoms with Gasteiger partial charge in [0.25, 0.3) is 0 Å². The molecule has 0 heterocycles. The number of benzene rings is 1. The molecule has 1 rings (SSSR count). The molecule has 2 atom stereocenters. The van der Waals surface area contributed by atoms with E-state index in [-0.39, 0.29) is 17.5 Å². The van der Waals surface area contributed by atoms with Crippen molar-refractivity contribution >= 4 is 16.9 Å². The molecule has 0 aliphatic rings. The van der Waals surface area contributed by atoms with Crippen LogP contribution in [0, 0.1) is 0 Å². The lowest BCUT2D eigenvalue weighted by atomic mass is 9.94. The molecule has 1 aromatic carbocycles. The molecule has 0 aliphatic heterocycles. The fraction of sp³-hybridized carbons (Fsp3) is 0.462. The summed E-state index contributed by atoms with van der Waals surface area (Å²) in [6, 6.07) is 9.79. The van der Waals surface area contributed by atoms with E-state index in [4.69, 9.17) is 0 Å². The van der Waals surface area contributed by atoms with Crippen molar-refractivity contribution in [2.24, 2.45) is 0 Å². The zero-order valence-electron chi connectivity index (χ0n) is 9.72. The molecule has 0 aliphatic carbocycles. The zero-order chi connectivity index (χ0) is 12.0. The summed E-state index contributed by atoms with van der Waals surface area (Å²) in [5.74, 6) is 0.772. The van der Waals surface area contributed by atoms with E-state index in [1.54, 1.807) is 0 Å². The fourth-order valence-corrected chi connectivity index (χ4v) is 2.16. The first kappa shape index (κ1) is 13.3. The largest absolute Gasteiger partial charge is 0.392 e. The minimum absolute atomic E-state index is 0.00241. The van der Waals surface area contributed by atoms with E-state index < -0.39 is 6.10 Å². The van der Waals surface area contributed by atoms with Crippen molar-refractivity contribution in [3.8, 4) is 0 Å². The number of carbonyl (C=O) groups is 1. The molecule has 1 N–H and O–H groups in total. The molecule has 88 valence electrons. The third-order valence-corrected chi connectivity index (χ3v) is 3.36. The zero-order valence-corrected chi connectivity index (χ0v) is 10.5. The van der Waals surface area contributed by atoms with Crippen LogP contribution in [-0.2, 0) is 4.79 Å². The average molecular weight is 238 g/mol. The third kappa shape index (κ3) is 3.99. The monoisotopic (exact) mass is 238 g/mol. The molecule has 3 heteroatoms. The molecule has 0 amide bonds. The van der Waals surface area contributed by atoms with E-state index in [2.05, 4.69) is 0 Å². The summed E-state index contributed by atoms with van der Waals surface area (Å²) in [5, 5.41) is 10.0. The van der Waals surface area contributed by atoms with Crippen LogP contribution >= 0.6 is 11.8 Å². The molecule has 0 saturated heterocycles. The first-order valence-electron chi connectivity index (χ1n) is 5.53. The highest BCUT2D eigenvalue weighted by atomic mass is 32.2. The van der Waals surface area contributed by atoms with E-state index in [0.717, 1.165) is 11.3 Å². The van der Waals surface area contributed by atoms with E-state index in [1.165, 1.54) is 11.8 Å². The summed E-state index contributed by atoms with van der Waals surface area (Å²) in [6.45, 7) is 3.89. The first-order valence-corrected chi connectivity index (χ1v) is 6.52. The Morgan fingerprint density at radius 2 is 2.00 bits per heavy atom. The molecule has 0 saturated carbocycles. The number of hydrogen-bond acceptors (Lipinski definition) is 3.